The van der Waals surface area contributed by atoms with Gasteiger partial charge in [-0.1, -0.05) is 0 Å². The second kappa shape index (κ2) is 4.53. The largest absolute Gasteiger partial charge is 0.503 e. The van der Waals surface area contributed by atoms with Crippen LogP contribution in [0, 0.1) is 0 Å². The van der Waals surface area contributed by atoms with Crippen LogP contribution in [0.2, 0.25) is 0 Å². The van der Waals surface area contributed by atoms with Gasteiger partial charge in [0.15, 0.2) is 11.5 Å². The van der Waals surface area contributed by atoms with E-state index in [0.717, 1.165) is 0 Å². The Labute approximate surface area is 95.6 Å². The van der Waals surface area contributed by atoms with Crippen molar-refractivity contribution in [2.45, 2.75) is 12.8 Å². The standard InChI is InChI=1S/C10H11BrO4/c1-5(10(13)14)6-3-7(11)9(12)8(4-6)15-2/h3-5,12H,1-2H3,(H,13,14). The second-order valence-electron chi connectivity index (χ2n) is 3.11. The molecule has 0 spiro atoms. The molecular formula is C10H11BrO4. The molecule has 1 atom stereocenters. The topological polar surface area (TPSA) is 66.8 Å². The lowest BCUT2D eigenvalue weighted by molar-refractivity contribution is -0.138. The Bertz CT molecular complexity index is 389. The van der Waals surface area contributed by atoms with Crippen LogP contribution in [0.3, 0.4) is 0 Å². The van der Waals surface area contributed by atoms with Gasteiger partial charge in [0.05, 0.1) is 17.5 Å². The molecule has 1 rings (SSSR count). The highest BCUT2D eigenvalue weighted by Crippen LogP contribution is 2.37. The summed E-state index contributed by atoms with van der Waals surface area (Å²) in [4.78, 5) is 10.8. The maximum absolute atomic E-state index is 10.8. The van der Waals surface area contributed by atoms with Crippen molar-refractivity contribution >= 4 is 21.9 Å². The van der Waals surface area contributed by atoms with Crippen molar-refractivity contribution < 1.29 is 19.7 Å². The first kappa shape index (κ1) is 11.8. The van der Waals surface area contributed by atoms with E-state index in [2.05, 4.69) is 15.9 Å². The Morgan fingerprint density at radius 3 is 2.60 bits per heavy atom. The predicted molar refractivity (Wildman–Crippen MR) is 58.4 cm³/mol. The van der Waals surface area contributed by atoms with Crippen LogP contribution in [-0.2, 0) is 4.79 Å². The van der Waals surface area contributed by atoms with Crippen molar-refractivity contribution in [1.29, 1.82) is 0 Å². The number of hydrogen-bond acceptors (Lipinski definition) is 3. The van der Waals surface area contributed by atoms with Gasteiger partial charge in [-0.3, -0.25) is 4.79 Å². The smallest absolute Gasteiger partial charge is 0.310 e. The zero-order valence-corrected chi connectivity index (χ0v) is 9.91. The lowest BCUT2D eigenvalue weighted by Crippen LogP contribution is -2.07. The molecule has 0 heterocycles. The Kier molecular flexibility index (Phi) is 3.57. The van der Waals surface area contributed by atoms with Gasteiger partial charge in [-0.15, -0.1) is 0 Å². The first-order chi connectivity index (χ1) is 6.97. The average molecular weight is 275 g/mol. The zero-order valence-electron chi connectivity index (χ0n) is 8.32. The number of phenolic OH excluding ortho intramolecular Hbond substituents is 1. The van der Waals surface area contributed by atoms with Gasteiger partial charge in [-0.25, -0.2) is 0 Å². The van der Waals surface area contributed by atoms with Gasteiger partial charge < -0.3 is 14.9 Å². The molecule has 15 heavy (non-hydrogen) atoms. The van der Waals surface area contributed by atoms with E-state index in [1.807, 2.05) is 0 Å². The first-order valence-electron chi connectivity index (χ1n) is 4.26. The number of ether oxygens (including phenoxy) is 1. The minimum absolute atomic E-state index is 0.0289. The number of carbonyl (C=O) groups is 1. The summed E-state index contributed by atoms with van der Waals surface area (Å²) in [5, 5.41) is 18.4. The van der Waals surface area contributed by atoms with Gasteiger partial charge in [0.2, 0.25) is 0 Å². The maximum atomic E-state index is 10.8. The third-order valence-electron chi connectivity index (χ3n) is 2.14. The predicted octanol–water partition coefficient (Wildman–Crippen LogP) is 2.35. The van der Waals surface area contributed by atoms with Crippen molar-refractivity contribution in [3.8, 4) is 11.5 Å². The fourth-order valence-electron chi connectivity index (χ4n) is 1.14. The van der Waals surface area contributed by atoms with Crippen LogP contribution in [0.4, 0.5) is 0 Å². The summed E-state index contributed by atoms with van der Waals surface area (Å²) < 4.78 is 5.34. The molecule has 0 aromatic heterocycles. The summed E-state index contributed by atoms with van der Waals surface area (Å²) >= 11 is 3.13. The molecule has 1 aromatic rings. The third-order valence-corrected chi connectivity index (χ3v) is 2.75. The van der Waals surface area contributed by atoms with Crippen molar-refractivity contribution in [2.75, 3.05) is 7.11 Å². The van der Waals surface area contributed by atoms with E-state index in [1.165, 1.54) is 13.2 Å². The summed E-state index contributed by atoms with van der Waals surface area (Å²) in [6.45, 7) is 1.57. The number of halogens is 1. The molecule has 1 unspecified atom stereocenters. The molecule has 0 bridgehead atoms. The van der Waals surface area contributed by atoms with E-state index in [9.17, 15) is 9.90 Å². The molecular weight excluding hydrogens is 264 g/mol. The molecule has 0 fully saturated rings. The molecule has 5 heteroatoms. The minimum Gasteiger partial charge on any atom is -0.503 e. The van der Waals surface area contributed by atoms with E-state index in [-0.39, 0.29) is 11.5 Å². The zero-order chi connectivity index (χ0) is 11.6. The lowest BCUT2D eigenvalue weighted by atomic mass is 10.0. The highest BCUT2D eigenvalue weighted by atomic mass is 79.9. The van der Waals surface area contributed by atoms with Crippen molar-refractivity contribution in [1.82, 2.24) is 0 Å². The number of carboxylic acids is 1. The Morgan fingerprint density at radius 2 is 2.13 bits per heavy atom. The quantitative estimate of drug-likeness (QED) is 0.888. The molecule has 0 amide bonds. The van der Waals surface area contributed by atoms with Gasteiger partial charge in [0.25, 0.3) is 0 Å². The summed E-state index contributed by atoms with van der Waals surface area (Å²) in [5.74, 6) is -1.34. The van der Waals surface area contributed by atoms with Gasteiger partial charge >= 0.3 is 5.97 Å². The second-order valence-corrected chi connectivity index (χ2v) is 3.97. The molecule has 1 aromatic carbocycles. The molecule has 2 N–H and O–H groups in total. The van der Waals surface area contributed by atoms with Gasteiger partial charge in [-0.2, -0.15) is 0 Å². The Balaban J connectivity index is 3.22. The van der Waals surface area contributed by atoms with Crippen LogP contribution in [0.25, 0.3) is 0 Å². The first-order valence-corrected chi connectivity index (χ1v) is 5.06. The minimum atomic E-state index is -0.922. The number of rotatable bonds is 3. The van der Waals surface area contributed by atoms with Crippen LogP contribution in [0.5, 0.6) is 11.5 Å². The normalized spacial score (nSPS) is 12.2. The van der Waals surface area contributed by atoms with Crippen LogP contribution in [0.15, 0.2) is 16.6 Å². The lowest BCUT2D eigenvalue weighted by Gasteiger charge is -2.11. The van der Waals surface area contributed by atoms with Crippen molar-refractivity contribution in [3.05, 3.63) is 22.2 Å². The Morgan fingerprint density at radius 1 is 1.53 bits per heavy atom. The van der Waals surface area contributed by atoms with Gasteiger partial charge in [0.1, 0.15) is 0 Å². The number of benzene rings is 1. The van der Waals surface area contributed by atoms with Crippen LogP contribution in [-0.4, -0.2) is 23.3 Å². The number of phenols is 1. The average Bonchev–Trinajstić information content (AvgIpc) is 2.20. The molecule has 0 saturated carbocycles. The molecule has 0 aliphatic heterocycles. The molecule has 4 nitrogen and oxygen atoms in total. The summed E-state index contributed by atoms with van der Waals surface area (Å²) in [6, 6.07) is 3.08. The number of carboxylic acid groups (broad SMARTS) is 1. The molecule has 0 aliphatic carbocycles. The number of methoxy groups -OCH3 is 1. The SMILES string of the molecule is COc1cc(C(C)C(=O)O)cc(Br)c1O. The molecule has 0 radical (unpaired) electrons. The van der Waals surface area contributed by atoms with E-state index in [1.54, 1.807) is 13.0 Å². The van der Waals surface area contributed by atoms with Crippen LogP contribution in [0.1, 0.15) is 18.4 Å². The number of aliphatic carboxylic acids is 1. The van der Waals surface area contributed by atoms with Crippen molar-refractivity contribution in [3.63, 3.8) is 0 Å². The fourth-order valence-corrected chi connectivity index (χ4v) is 1.60. The highest BCUT2D eigenvalue weighted by Gasteiger charge is 2.17. The third kappa shape index (κ3) is 2.41. The van der Waals surface area contributed by atoms with E-state index >= 15 is 0 Å². The van der Waals surface area contributed by atoms with Crippen LogP contribution >= 0.6 is 15.9 Å². The van der Waals surface area contributed by atoms with E-state index in [0.29, 0.717) is 10.0 Å². The molecule has 0 saturated heterocycles. The number of hydrogen-bond donors (Lipinski definition) is 2. The van der Waals surface area contributed by atoms with E-state index < -0.39 is 11.9 Å². The number of aromatic hydroxyl groups is 1. The molecule has 0 aliphatic rings. The summed E-state index contributed by atoms with van der Waals surface area (Å²) in [6.07, 6.45) is 0. The van der Waals surface area contributed by atoms with Gasteiger partial charge in [-0.05, 0) is 40.5 Å². The van der Waals surface area contributed by atoms with Crippen LogP contribution < -0.4 is 4.74 Å². The highest BCUT2D eigenvalue weighted by molar-refractivity contribution is 9.10. The maximum Gasteiger partial charge on any atom is 0.310 e. The van der Waals surface area contributed by atoms with Crippen molar-refractivity contribution in [2.24, 2.45) is 0 Å². The van der Waals surface area contributed by atoms with Gasteiger partial charge in [0, 0.05) is 0 Å². The molecule has 82 valence electrons. The van der Waals surface area contributed by atoms with E-state index in [4.69, 9.17) is 9.84 Å². The summed E-state index contributed by atoms with van der Waals surface area (Å²) in [5.41, 5.74) is 0.573. The summed E-state index contributed by atoms with van der Waals surface area (Å²) in [7, 11) is 1.41. The monoisotopic (exact) mass is 274 g/mol. The fraction of sp³-hybridized carbons (Fsp3) is 0.300. The Hall–Kier alpha value is -1.23.